The van der Waals surface area contributed by atoms with Gasteiger partial charge < -0.3 is 5.11 Å². The normalized spacial score (nSPS) is 18.2. The zero-order valence-corrected chi connectivity index (χ0v) is 11.1. The molecule has 0 aromatic heterocycles. The third-order valence-corrected chi connectivity index (χ3v) is 4.53. The van der Waals surface area contributed by atoms with Gasteiger partial charge in [-0.3, -0.25) is 0 Å². The number of hydrogen-bond acceptors (Lipinski definition) is 3. The van der Waals surface area contributed by atoms with Gasteiger partial charge in [0.1, 0.15) is 7.05 Å². The molecule has 0 radical (unpaired) electrons. The Morgan fingerprint density at radius 1 is 0.909 bits per heavy atom. The van der Waals surface area contributed by atoms with Crippen LogP contribution in [0.15, 0.2) is 0 Å². The lowest BCUT2D eigenvalue weighted by atomic mass is 10.1. The molecule has 15 heteroatoms. The molecule has 0 aliphatic rings. The van der Waals surface area contributed by atoms with E-state index >= 15 is 0 Å². The number of halogens is 10. The van der Waals surface area contributed by atoms with Crippen molar-refractivity contribution in [2.75, 3.05) is 20.2 Å². The minimum absolute atomic E-state index is 0.346. The van der Waals surface area contributed by atoms with Crippen molar-refractivity contribution in [3.8, 4) is 0 Å². The number of aliphatic hydroxyl groups is 1. The zero-order valence-electron chi connectivity index (χ0n) is 10.3. The average Bonchev–Trinajstić information content (AvgIpc) is 2.26. The van der Waals surface area contributed by atoms with Crippen molar-refractivity contribution in [2.45, 2.75) is 23.3 Å². The van der Waals surface area contributed by atoms with E-state index in [1.807, 2.05) is 0 Å². The number of aliphatic hydroxyl groups excluding tert-OH is 1. The maximum atomic E-state index is 13.4. The van der Waals surface area contributed by atoms with Crippen LogP contribution in [0.3, 0.4) is 0 Å². The second-order valence-electron chi connectivity index (χ2n) is 4.07. The monoisotopic (exact) mass is 376 g/mol. The Labute approximate surface area is 116 Å². The van der Waals surface area contributed by atoms with Gasteiger partial charge in [0.25, 0.3) is 0 Å². The van der Waals surface area contributed by atoms with Gasteiger partial charge in [-0.15, -0.1) is 0 Å². The Bertz CT molecular complexity index is 511. The molecular weight excluding hydrogens is 368 g/mol. The first-order chi connectivity index (χ1) is 9.31. The standard InChI is InChI=1S/C7H8F10NO3S/c1-18(17,2-3-19)22(20,21)7(15,16)5(10,11)4(8,9)6(12,13)14/h19H,2-3H2,1H3/q+1. The van der Waals surface area contributed by atoms with E-state index in [0.29, 0.717) is 0 Å². The van der Waals surface area contributed by atoms with Gasteiger partial charge in [0.05, 0.1) is 6.61 Å². The topological polar surface area (TPSA) is 54.4 Å². The summed E-state index contributed by atoms with van der Waals surface area (Å²) in [5.41, 5.74) is 0. The summed E-state index contributed by atoms with van der Waals surface area (Å²) in [6.45, 7) is -3.32. The molecule has 0 fully saturated rings. The highest BCUT2D eigenvalue weighted by Crippen LogP contribution is 2.55. The van der Waals surface area contributed by atoms with Gasteiger partial charge in [-0.1, -0.05) is 0 Å². The summed E-state index contributed by atoms with van der Waals surface area (Å²) < 4.78 is 144. The molecule has 4 nitrogen and oxygen atoms in total. The number of sulfonamides is 1. The van der Waals surface area contributed by atoms with Crippen LogP contribution >= 0.6 is 0 Å². The third kappa shape index (κ3) is 2.73. The third-order valence-electron chi connectivity index (χ3n) is 2.44. The van der Waals surface area contributed by atoms with Crippen LogP contribution in [0, 0.1) is 0 Å². The van der Waals surface area contributed by atoms with Gasteiger partial charge in [-0.2, -0.15) is 47.9 Å². The van der Waals surface area contributed by atoms with Gasteiger partial charge in [0.2, 0.25) is 0 Å². The highest BCUT2D eigenvalue weighted by Gasteiger charge is 2.88. The van der Waals surface area contributed by atoms with Gasteiger partial charge in [-0.25, -0.2) is 0 Å². The van der Waals surface area contributed by atoms with Crippen molar-refractivity contribution in [3.63, 3.8) is 0 Å². The van der Waals surface area contributed by atoms with Crippen LogP contribution in [0.1, 0.15) is 0 Å². The van der Waals surface area contributed by atoms with E-state index in [9.17, 15) is 52.4 Å². The minimum atomic E-state index is -7.50. The lowest BCUT2D eigenvalue weighted by molar-refractivity contribution is -0.934. The Balaban J connectivity index is 6.25. The fourth-order valence-corrected chi connectivity index (χ4v) is 2.31. The van der Waals surface area contributed by atoms with Gasteiger partial charge in [-0.05, 0) is 4.11 Å². The van der Waals surface area contributed by atoms with Crippen molar-refractivity contribution in [2.24, 2.45) is 0 Å². The lowest BCUT2D eigenvalue weighted by Crippen LogP contribution is -2.67. The highest BCUT2D eigenvalue weighted by molar-refractivity contribution is 7.87. The Morgan fingerprint density at radius 2 is 1.27 bits per heavy atom. The average molecular weight is 376 g/mol. The van der Waals surface area contributed by atoms with E-state index in [2.05, 4.69) is 0 Å². The first-order valence-electron chi connectivity index (χ1n) is 4.92. The molecule has 0 aliphatic heterocycles. The number of hydrogen-bond donors (Lipinski definition) is 1. The summed E-state index contributed by atoms with van der Waals surface area (Å²) in [5, 5.41) is 1.11. The van der Waals surface area contributed by atoms with Crippen molar-refractivity contribution in [1.82, 2.24) is 0 Å². The second-order valence-corrected chi connectivity index (χ2v) is 6.30. The number of alkyl halides is 9. The number of nitrogens with zero attached hydrogens (tertiary/aromatic N) is 1. The van der Waals surface area contributed by atoms with E-state index in [4.69, 9.17) is 5.11 Å². The molecule has 22 heavy (non-hydrogen) atoms. The molecule has 1 unspecified atom stereocenters. The van der Waals surface area contributed by atoms with E-state index in [1.165, 1.54) is 0 Å². The molecule has 0 aromatic carbocycles. The van der Waals surface area contributed by atoms with Crippen LogP contribution in [-0.2, 0) is 10.0 Å². The van der Waals surface area contributed by atoms with Crippen molar-refractivity contribution < 1.29 is 61.6 Å². The molecule has 0 rings (SSSR count). The fourth-order valence-electron chi connectivity index (χ4n) is 1.06. The Morgan fingerprint density at radius 3 is 1.55 bits per heavy atom. The molecule has 0 aromatic rings. The van der Waals surface area contributed by atoms with Crippen LogP contribution in [0.2, 0.25) is 0 Å². The van der Waals surface area contributed by atoms with Crippen molar-refractivity contribution >= 4 is 10.0 Å². The van der Waals surface area contributed by atoms with Crippen LogP contribution < -0.4 is 0 Å². The van der Waals surface area contributed by atoms with Crippen LogP contribution in [0.4, 0.5) is 44.0 Å². The maximum Gasteiger partial charge on any atom is 0.467 e. The van der Waals surface area contributed by atoms with Gasteiger partial charge in [0, 0.05) is 4.48 Å². The van der Waals surface area contributed by atoms with E-state index < -0.39 is 50.6 Å². The molecular formula is C7H8F10NO3S+. The van der Waals surface area contributed by atoms with Crippen LogP contribution in [0.25, 0.3) is 0 Å². The predicted molar refractivity (Wildman–Crippen MR) is 49.1 cm³/mol. The largest absolute Gasteiger partial charge is 0.467 e. The molecule has 0 bridgehead atoms. The molecule has 1 atom stereocenters. The van der Waals surface area contributed by atoms with E-state index in [-0.39, 0.29) is 7.05 Å². The summed E-state index contributed by atoms with van der Waals surface area (Å²) in [7, 11) is -7.60. The first-order valence-corrected chi connectivity index (χ1v) is 6.36. The molecule has 0 spiro atoms. The lowest BCUT2D eigenvalue weighted by Gasteiger charge is -2.34. The number of rotatable bonds is 6. The molecule has 0 saturated heterocycles. The van der Waals surface area contributed by atoms with Crippen LogP contribution in [0.5, 0.6) is 0 Å². The zero-order chi connectivity index (χ0) is 18.4. The quantitative estimate of drug-likeness (QED) is 0.571. The molecule has 0 saturated carbocycles. The highest BCUT2D eigenvalue weighted by atomic mass is 32.2. The van der Waals surface area contributed by atoms with Crippen LogP contribution in [-0.4, -0.2) is 61.1 Å². The van der Waals surface area contributed by atoms with E-state index in [1.54, 1.807) is 0 Å². The predicted octanol–water partition coefficient (Wildman–Crippen LogP) is 2.07. The summed E-state index contributed by atoms with van der Waals surface area (Å²) in [5.74, 6) is -15.0. The maximum absolute atomic E-state index is 13.4. The Hall–Kier alpha value is -0.830. The number of likely N-dealkylation sites (N-methyl/N-ethyl adjacent to an activating group) is 1. The smallest absolute Gasteiger partial charge is 0.390 e. The van der Waals surface area contributed by atoms with Crippen molar-refractivity contribution in [1.29, 1.82) is 0 Å². The van der Waals surface area contributed by atoms with Crippen molar-refractivity contribution in [3.05, 3.63) is 0 Å². The SMILES string of the molecule is C[N+](F)(CCO)S(=O)(=O)C(F)(F)C(F)(F)C(F)(F)C(F)(F)F. The van der Waals surface area contributed by atoms with Gasteiger partial charge in [0.15, 0.2) is 6.54 Å². The van der Waals surface area contributed by atoms with Gasteiger partial charge >= 0.3 is 33.3 Å². The summed E-state index contributed by atoms with van der Waals surface area (Å²) >= 11 is 0. The molecule has 0 aliphatic carbocycles. The summed E-state index contributed by atoms with van der Waals surface area (Å²) in [6.07, 6.45) is -7.23. The molecule has 0 heterocycles. The second kappa shape index (κ2) is 5.36. The molecule has 0 amide bonds. The first kappa shape index (κ1) is 21.2. The number of quaternary nitrogens is 1. The Kier molecular flexibility index (Phi) is 5.16. The fraction of sp³-hybridized carbons (Fsp3) is 1.00. The summed E-state index contributed by atoms with van der Waals surface area (Å²) in [4.78, 5) is 0. The molecule has 1 N–H and O–H groups in total. The summed E-state index contributed by atoms with van der Waals surface area (Å²) in [6, 6.07) is 0. The molecule has 134 valence electrons. The van der Waals surface area contributed by atoms with E-state index in [0.717, 1.165) is 0 Å². The minimum Gasteiger partial charge on any atom is -0.390 e.